The maximum Gasteiger partial charge on any atom is 0.268 e. The zero-order valence-corrected chi connectivity index (χ0v) is 13.1. The molecule has 0 unspecified atom stereocenters. The summed E-state index contributed by atoms with van der Waals surface area (Å²) in [5.41, 5.74) is 0.881. The van der Waals surface area contributed by atoms with E-state index in [9.17, 15) is 4.79 Å². The van der Waals surface area contributed by atoms with Crippen LogP contribution >= 0.6 is 23.2 Å². The van der Waals surface area contributed by atoms with Crippen LogP contribution in [0.4, 0.5) is 5.69 Å². The number of benzene rings is 2. The summed E-state index contributed by atoms with van der Waals surface area (Å²) >= 11 is 11.8. The van der Waals surface area contributed by atoms with Crippen molar-refractivity contribution in [2.24, 2.45) is 5.16 Å². The first-order valence-electron chi connectivity index (χ1n) is 6.56. The van der Waals surface area contributed by atoms with Crippen LogP contribution in [0.2, 0.25) is 10.0 Å². The lowest BCUT2D eigenvalue weighted by Gasteiger charge is -2.07. The van der Waals surface area contributed by atoms with Gasteiger partial charge in [0.25, 0.3) is 11.5 Å². The minimum atomic E-state index is -0.495. The lowest BCUT2D eigenvalue weighted by molar-refractivity contribution is 0.102. The highest BCUT2D eigenvalue weighted by molar-refractivity contribution is 6.42. The molecule has 23 heavy (non-hydrogen) atoms. The standard InChI is InChI=1S/C16H10Cl2N2O3/c17-12-6-5-10(8-13(12)18)19-15(21)11-7-9-3-1-2-4-14(9)23-16(11)20-22/h1-8,22H,(H,19,21)/b20-16-. The number of nitrogens with one attached hydrogen (secondary N) is 1. The van der Waals surface area contributed by atoms with Gasteiger partial charge in [0.05, 0.1) is 10.0 Å². The van der Waals surface area contributed by atoms with Crippen LogP contribution in [-0.2, 0) is 0 Å². The third kappa shape index (κ3) is 3.16. The van der Waals surface area contributed by atoms with Gasteiger partial charge in [-0.2, -0.15) is 0 Å². The van der Waals surface area contributed by atoms with Gasteiger partial charge in [0, 0.05) is 11.1 Å². The fourth-order valence-corrected chi connectivity index (χ4v) is 2.38. The number of rotatable bonds is 2. The first-order chi connectivity index (χ1) is 11.1. The second-order valence-corrected chi connectivity index (χ2v) is 5.50. The molecule has 0 aliphatic rings. The van der Waals surface area contributed by atoms with Crippen molar-refractivity contribution in [2.45, 2.75) is 0 Å². The summed E-state index contributed by atoms with van der Waals surface area (Å²) in [4.78, 5) is 12.4. The first kappa shape index (κ1) is 15.4. The molecular formula is C16H10Cl2N2O3. The van der Waals surface area contributed by atoms with E-state index in [1.807, 2.05) is 6.07 Å². The molecule has 3 aromatic rings. The Bertz CT molecular complexity index is 967. The molecule has 0 atom stereocenters. The van der Waals surface area contributed by atoms with Crippen molar-refractivity contribution >= 4 is 45.8 Å². The van der Waals surface area contributed by atoms with Crippen molar-refractivity contribution in [3.63, 3.8) is 0 Å². The van der Waals surface area contributed by atoms with Gasteiger partial charge in [-0.25, -0.2) is 0 Å². The summed E-state index contributed by atoms with van der Waals surface area (Å²) < 4.78 is 5.42. The average molecular weight is 349 g/mol. The molecule has 0 radical (unpaired) electrons. The maximum absolute atomic E-state index is 12.4. The molecule has 1 heterocycles. The van der Waals surface area contributed by atoms with Crippen LogP contribution < -0.4 is 10.9 Å². The van der Waals surface area contributed by atoms with Crippen LogP contribution in [0.1, 0.15) is 10.4 Å². The second kappa shape index (κ2) is 6.32. The molecular weight excluding hydrogens is 339 g/mol. The minimum absolute atomic E-state index is 0.0947. The van der Waals surface area contributed by atoms with E-state index >= 15 is 0 Å². The number of nitrogens with zero attached hydrogens (tertiary/aromatic N) is 1. The predicted molar refractivity (Wildman–Crippen MR) is 88.0 cm³/mol. The Morgan fingerprint density at radius 2 is 1.87 bits per heavy atom. The molecule has 1 aromatic heterocycles. The van der Waals surface area contributed by atoms with E-state index in [0.717, 1.165) is 0 Å². The number of carbonyl (C=O) groups excluding carboxylic acids is 1. The number of hydrogen-bond donors (Lipinski definition) is 2. The van der Waals surface area contributed by atoms with E-state index in [4.69, 9.17) is 32.8 Å². The van der Waals surface area contributed by atoms with Gasteiger partial charge in [-0.15, -0.1) is 0 Å². The zero-order valence-electron chi connectivity index (χ0n) is 11.6. The summed E-state index contributed by atoms with van der Waals surface area (Å²) in [5, 5.41) is 16.2. The summed E-state index contributed by atoms with van der Waals surface area (Å²) in [5.74, 6) is -0.495. The van der Waals surface area contributed by atoms with Crippen molar-refractivity contribution < 1.29 is 14.4 Å². The van der Waals surface area contributed by atoms with Gasteiger partial charge >= 0.3 is 0 Å². The lowest BCUT2D eigenvalue weighted by atomic mass is 10.1. The van der Waals surface area contributed by atoms with Crippen LogP contribution in [0.5, 0.6) is 0 Å². The molecule has 0 saturated carbocycles. The maximum atomic E-state index is 12.4. The van der Waals surface area contributed by atoms with E-state index in [0.29, 0.717) is 26.7 Å². The minimum Gasteiger partial charge on any atom is -0.435 e. The largest absolute Gasteiger partial charge is 0.435 e. The van der Waals surface area contributed by atoms with E-state index in [2.05, 4.69) is 10.5 Å². The van der Waals surface area contributed by atoms with E-state index in [1.165, 1.54) is 6.07 Å². The summed E-state index contributed by atoms with van der Waals surface area (Å²) in [6, 6.07) is 13.4. The van der Waals surface area contributed by atoms with Crippen LogP contribution in [0.15, 0.2) is 58.1 Å². The van der Waals surface area contributed by atoms with Crippen LogP contribution in [0.25, 0.3) is 11.0 Å². The number of amides is 1. The SMILES string of the molecule is O=C(Nc1ccc(Cl)c(Cl)c1)c1cc2ccccc2o/c1=N\O. The quantitative estimate of drug-likeness (QED) is 0.536. The molecule has 3 rings (SSSR count). The van der Waals surface area contributed by atoms with Gasteiger partial charge in [-0.3, -0.25) is 4.79 Å². The molecule has 0 bridgehead atoms. The smallest absolute Gasteiger partial charge is 0.268 e. The summed E-state index contributed by atoms with van der Waals surface area (Å²) in [6.45, 7) is 0. The van der Waals surface area contributed by atoms with Gasteiger partial charge in [0.1, 0.15) is 11.1 Å². The predicted octanol–water partition coefficient (Wildman–Crippen LogP) is 4.28. The lowest BCUT2D eigenvalue weighted by Crippen LogP contribution is -2.21. The van der Waals surface area contributed by atoms with E-state index < -0.39 is 5.91 Å². The molecule has 0 aliphatic carbocycles. The van der Waals surface area contributed by atoms with Gasteiger partial charge in [-0.1, -0.05) is 41.4 Å². The number of halogens is 2. The third-order valence-electron chi connectivity index (χ3n) is 3.17. The van der Waals surface area contributed by atoms with Crippen LogP contribution in [0, 0.1) is 0 Å². The highest BCUT2D eigenvalue weighted by Gasteiger charge is 2.13. The Balaban J connectivity index is 2.01. The fourth-order valence-electron chi connectivity index (χ4n) is 2.08. The fraction of sp³-hybridized carbons (Fsp3) is 0. The highest BCUT2D eigenvalue weighted by atomic mass is 35.5. The van der Waals surface area contributed by atoms with Gasteiger partial charge in [0.15, 0.2) is 0 Å². The van der Waals surface area contributed by atoms with Crippen molar-refractivity contribution in [3.05, 3.63) is 69.7 Å². The number of para-hydroxylation sites is 1. The van der Waals surface area contributed by atoms with Gasteiger partial charge < -0.3 is 14.9 Å². The summed E-state index contributed by atoms with van der Waals surface area (Å²) in [6.07, 6.45) is 0. The van der Waals surface area contributed by atoms with Crippen molar-refractivity contribution in [1.29, 1.82) is 0 Å². The Labute approximate surface area is 140 Å². The zero-order chi connectivity index (χ0) is 16.4. The summed E-state index contributed by atoms with van der Waals surface area (Å²) in [7, 11) is 0. The number of carbonyl (C=O) groups is 1. The normalized spacial score (nSPS) is 11.7. The monoisotopic (exact) mass is 348 g/mol. The second-order valence-electron chi connectivity index (χ2n) is 4.69. The first-order valence-corrected chi connectivity index (χ1v) is 7.31. The molecule has 5 nitrogen and oxygen atoms in total. The average Bonchev–Trinajstić information content (AvgIpc) is 2.57. The molecule has 7 heteroatoms. The number of hydrogen-bond acceptors (Lipinski definition) is 4. The van der Waals surface area contributed by atoms with Crippen molar-refractivity contribution in [1.82, 2.24) is 0 Å². The van der Waals surface area contributed by atoms with E-state index in [1.54, 1.807) is 36.4 Å². The molecule has 0 fully saturated rings. The number of fused-ring (bicyclic) bond motifs is 1. The molecule has 116 valence electrons. The Kier molecular flexibility index (Phi) is 4.23. The molecule has 2 N–H and O–H groups in total. The Hall–Kier alpha value is -2.50. The van der Waals surface area contributed by atoms with Crippen molar-refractivity contribution in [3.8, 4) is 0 Å². The van der Waals surface area contributed by atoms with Crippen LogP contribution in [-0.4, -0.2) is 11.1 Å². The molecule has 2 aromatic carbocycles. The molecule has 1 amide bonds. The highest BCUT2D eigenvalue weighted by Crippen LogP contribution is 2.25. The Morgan fingerprint density at radius 1 is 1.09 bits per heavy atom. The van der Waals surface area contributed by atoms with Gasteiger partial charge in [0.2, 0.25) is 0 Å². The van der Waals surface area contributed by atoms with Crippen molar-refractivity contribution in [2.75, 3.05) is 5.32 Å². The number of anilines is 1. The van der Waals surface area contributed by atoms with Gasteiger partial charge in [-0.05, 0) is 35.5 Å². The van der Waals surface area contributed by atoms with Crippen LogP contribution in [0.3, 0.4) is 0 Å². The molecule has 0 saturated heterocycles. The Morgan fingerprint density at radius 3 is 2.61 bits per heavy atom. The third-order valence-corrected chi connectivity index (χ3v) is 3.91. The molecule has 0 aliphatic heterocycles. The molecule has 0 spiro atoms. The topological polar surface area (TPSA) is 74.8 Å². The van der Waals surface area contributed by atoms with E-state index in [-0.39, 0.29) is 11.1 Å².